The number of nitrogens with zero attached hydrogens (tertiary/aromatic N) is 2. The predicted molar refractivity (Wildman–Crippen MR) is 99.7 cm³/mol. The molecule has 1 N–H and O–H groups in total. The zero-order valence-corrected chi connectivity index (χ0v) is 16.2. The number of carbonyl (C=O) groups is 1. The van der Waals surface area contributed by atoms with Gasteiger partial charge in [0.05, 0.1) is 0 Å². The van der Waals surface area contributed by atoms with Crippen LogP contribution in [0.2, 0.25) is 0 Å². The van der Waals surface area contributed by atoms with Crippen LogP contribution in [0.4, 0.5) is 4.79 Å². The monoisotopic (exact) mass is 348 g/mol. The third-order valence-corrected chi connectivity index (χ3v) is 7.77. The van der Waals surface area contributed by atoms with Crippen LogP contribution in [0.1, 0.15) is 65.2 Å². The third-order valence-electron chi connectivity index (χ3n) is 7.77. The van der Waals surface area contributed by atoms with E-state index in [9.17, 15) is 4.79 Å². The van der Waals surface area contributed by atoms with Crippen molar-refractivity contribution in [3.05, 3.63) is 0 Å². The molecule has 0 unspecified atom stereocenters. The van der Waals surface area contributed by atoms with Gasteiger partial charge in [-0.1, -0.05) is 13.8 Å². The molecular weight excluding hydrogens is 312 g/mol. The van der Waals surface area contributed by atoms with E-state index in [-0.39, 0.29) is 0 Å². The maximum atomic E-state index is 11.0. The molecule has 0 aromatic carbocycles. The standard InChI is InChI=1S/C21H36N2O2/c1-20(2,3-4-22-5-7-23(8-6-22)19(24)25)15-21-12-16-9-17(13-21)11-18(10-16)14-21/h16-18H,3-15H2,1-2H3,(H,24,25). The van der Waals surface area contributed by atoms with E-state index in [0.717, 1.165) is 37.4 Å². The fourth-order valence-electron chi connectivity index (χ4n) is 7.23. The number of hydrogen-bond donors (Lipinski definition) is 1. The Bertz CT molecular complexity index is 473. The molecule has 0 radical (unpaired) electrons. The average Bonchev–Trinajstić information content (AvgIpc) is 2.51. The van der Waals surface area contributed by atoms with Gasteiger partial charge in [0.2, 0.25) is 0 Å². The molecule has 1 saturated heterocycles. The highest BCUT2D eigenvalue weighted by Crippen LogP contribution is 2.63. The van der Waals surface area contributed by atoms with Gasteiger partial charge in [-0.2, -0.15) is 0 Å². The van der Waals surface area contributed by atoms with Crippen molar-refractivity contribution in [2.45, 2.75) is 65.2 Å². The van der Waals surface area contributed by atoms with Gasteiger partial charge in [-0.25, -0.2) is 4.79 Å². The summed E-state index contributed by atoms with van der Waals surface area (Å²) in [4.78, 5) is 15.1. The Labute approximate surface area is 152 Å². The van der Waals surface area contributed by atoms with Crippen molar-refractivity contribution < 1.29 is 9.90 Å². The van der Waals surface area contributed by atoms with E-state index in [1.807, 2.05) is 0 Å². The maximum absolute atomic E-state index is 11.0. The Morgan fingerprint density at radius 3 is 2.00 bits per heavy atom. The van der Waals surface area contributed by atoms with Gasteiger partial charge in [-0.15, -0.1) is 0 Å². The molecule has 4 bridgehead atoms. The van der Waals surface area contributed by atoms with Gasteiger partial charge in [0, 0.05) is 26.2 Å². The molecule has 4 saturated carbocycles. The summed E-state index contributed by atoms with van der Waals surface area (Å²) < 4.78 is 0. The highest BCUT2D eigenvalue weighted by atomic mass is 16.4. The number of rotatable bonds is 5. The summed E-state index contributed by atoms with van der Waals surface area (Å²) in [5, 5.41) is 9.08. The van der Waals surface area contributed by atoms with E-state index in [4.69, 9.17) is 5.11 Å². The lowest BCUT2D eigenvalue weighted by atomic mass is 9.47. The fraction of sp³-hybridized carbons (Fsp3) is 0.952. The van der Waals surface area contributed by atoms with Crippen LogP contribution in [0.5, 0.6) is 0 Å². The lowest BCUT2D eigenvalue weighted by Crippen LogP contribution is -2.49. The van der Waals surface area contributed by atoms with E-state index in [2.05, 4.69) is 18.7 Å². The Balaban J connectivity index is 1.28. The molecule has 5 fully saturated rings. The van der Waals surface area contributed by atoms with E-state index >= 15 is 0 Å². The number of amides is 1. The number of carboxylic acid groups (broad SMARTS) is 1. The second-order valence-electron chi connectivity index (χ2n) is 10.6. The quantitative estimate of drug-likeness (QED) is 0.805. The minimum atomic E-state index is -0.762. The molecule has 4 nitrogen and oxygen atoms in total. The zero-order valence-electron chi connectivity index (χ0n) is 16.2. The van der Waals surface area contributed by atoms with Crippen LogP contribution in [-0.2, 0) is 0 Å². The molecule has 0 aromatic heterocycles. The summed E-state index contributed by atoms with van der Waals surface area (Å²) in [6.45, 7) is 9.25. The molecular formula is C21H36N2O2. The van der Waals surface area contributed by atoms with Crippen LogP contribution in [0.25, 0.3) is 0 Å². The molecule has 5 aliphatic rings. The van der Waals surface area contributed by atoms with E-state index < -0.39 is 6.09 Å². The first-order valence-corrected chi connectivity index (χ1v) is 10.5. The molecule has 1 heterocycles. The van der Waals surface area contributed by atoms with Gasteiger partial charge in [-0.3, -0.25) is 4.90 Å². The average molecular weight is 349 g/mol. The summed E-state index contributed by atoms with van der Waals surface area (Å²) in [5.41, 5.74) is 1.08. The molecule has 0 spiro atoms. The smallest absolute Gasteiger partial charge is 0.407 e. The van der Waals surface area contributed by atoms with Crippen molar-refractivity contribution in [2.75, 3.05) is 32.7 Å². The SMILES string of the molecule is CC(C)(CCN1CCN(C(=O)O)CC1)CC12CC3CC(CC(C3)C1)C2. The van der Waals surface area contributed by atoms with Gasteiger partial charge >= 0.3 is 6.09 Å². The molecule has 1 amide bonds. The predicted octanol–water partition coefficient (Wildman–Crippen LogP) is 4.30. The van der Waals surface area contributed by atoms with E-state index in [0.29, 0.717) is 23.9 Å². The summed E-state index contributed by atoms with van der Waals surface area (Å²) >= 11 is 0. The first-order valence-electron chi connectivity index (χ1n) is 10.5. The molecule has 0 atom stereocenters. The molecule has 4 aliphatic carbocycles. The lowest BCUT2D eigenvalue weighted by Gasteiger charge is -2.58. The van der Waals surface area contributed by atoms with Gasteiger partial charge in [0.15, 0.2) is 0 Å². The number of piperazine rings is 1. The molecule has 4 heteroatoms. The maximum Gasteiger partial charge on any atom is 0.407 e. The van der Waals surface area contributed by atoms with Crippen LogP contribution >= 0.6 is 0 Å². The second kappa shape index (κ2) is 6.44. The fourth-order valence-corrected chi connectivity index (χ4v) is 7.23. The zero-order chi connectivity index (χ0) is 17.7. The second-order valence-corrected chi connectivity index (χ2v) is 10.6. The minimum absolute atomic E-state index is 0.412. The van der Waals surface area contributed by atoms with Gasteiger partial charge in [-0.05, 0) is 86.5 Å². The van der Waals surface area contributed by atoms with Crippen molar-refractivity contribution in [1.29, 1.82) is 0 Å². The van der Waals surface area contributed by atoms with E-state index in [1.165, 1.54) is 51.4 Å². The molecule has 5 rings (SSSR count). The summed E-state index contributed by atoms with van der Waals surface area (Å²) in [5.74, 6) is 3.14. The van der Waals surface area contributed by atoms with Crippen LogP contribution in [0, 0.1) is 28.6 Å². The first-order chi connectivity index (χ1) is 11.8. The topological polar surface area (TPSA) is 43.8 Å². The Kier molecular flexibility index (Phi) is 4.54. The van der Waals surface area contributed by atoms with Crippen LogP contribution in [-0.4, -0.2) is 53.7 Å². The first kappa shape index (κ1) is 17.6. The van der Waals surface area contributed by atoms with Crippen LogP contribution in [0.15, 0.2) is 0 Å². The molecule has 1 aliphatic heterocycles. The Morgan fingerprint density at radius 1 is 1.00 bits per heavy atom. The van der Waals surface area contributed by atoms with Crippen molar-refractivity contribution in [3.63, 3.8) is 0 Å². The highest BCUT2D eigenvalue weighted by molar-refractivity contribution is 5.65. The summed E-state index contributed by atoms with van der Waals surface area (Å²) in [6.07, 6.45) is 11.1. The summed E-state index contributed by atoms with van der Waals surface area (Å²) in [7, 11) is 0. The molecule has 25 heavy (non-hydrogen) atoms. The molecule has 142 valence electrons. The van der Waals surface area contributed by atoms with Crippen molar-refractivity contribution in [2.24, 2.45) is 28.6 Å². The lowest BCUT2D eigenvalue weighted by molar-refractivity contribution is -0.0760. The largest absolute Gasteiger partial charge is 0.465 e. The normalized spacial score (nSPS) is 38.3. The highest BCUT2D eigenvalue weighted by Gasteiger charge is 2.52. The van der Waals surface area contributed by atoms with Crippen LogP contribution in [0.3, 0.4) is 0 Å². The number of hydrogen-bond acceptors (Lipinski definition) is 2. The summed E-state index contributed by atoms with van der Waals surface area (Å²) in [6, 6.07) is 0. The Hall–Kier alpha value is -0.770. The van der Waals surface area contributed by atoms with Crippen LogP contribution < -0.4 is 0 Å². The Morgan fingerprint density at radius 2 is 1.52 bits per heavy atom. The minimum Gasteiger partial charge on any atom is -0.465 e. The third kappa shape index (κ3) is 3.84. The van der Waals surface area contributed by atoms with Crippen molar-refractivity contribution >= 4 is 6.09 Å². The van der Waals surface area contributed by atoms with Gasteiger partial charge < -0.3 is 10.0 Å². The van der Waals surface area contributed by atoms with Crippen molar-refractivity contribution in [3.8, 4) is 0 Å². The van der Waals surface area contributed by atoms with Crippen molar-refractivity contribution in [1.82, 2.24) is 9.80 Å². The van der Waals surface area contributed by atoms with Gasteiger partial charge in [0.1, 0.15) is 0 Å². The van der Waals surface area contributed by atoms with E-state index in [1.54, 1.807) is 4.90 Å². The van der Waals surface area contributed by atoms with Gasteiger partial charge in [0.25, 0.3) is 0 Å². The molecule has 0 aromatic rings.